The van der Waals surface area contributed by atoms with Gasteiger partial charge in [-0.3, -0.25) is 0 Å². The molecule has 1 aliphatic rings. The van der Waals surface area contributed by atoms with Gasteiger partial charge in [-0.25, -0.2) is 0 Å². The first-order valence-electron chi connectivity index (χ1n) is 6.13. The standard InChI is InChI=1S/C15H22O2/c1-10-7-13-11(8-12(10)16-6)14(2,3)9-15(4,5)17-13/h7-8H,9H2,1-6H3. The fourth-order valence-corrected chi connectivity index (χ4v) is 2.99. The average Bonchev–Trinajstić information content (AvgIpc) is 2.13. The van der Waals surface area contributed by atoms with Crippen molar-refractivity contribution in [2.45, 2.75) is 52.1 Å². The molecule has 1 aromatic carbocycles. The van der Waals surface area contributed by atoms with Crippen LogP contribution in [0.15, 0.2) is 12.1 Å². The minimum atomic E-state index is -0.0997. The van der Waals surface area contributed by atoms with Gasteiger partial charge in [0.15, 0.2) is 0 Å². The zero-order valence-corrected chi connectivity index (χ0v) is 11.7. The van der Waals surface area contributed by atoms with Crippen LogP contribution in [0.3, 0.4) is 0 Å². The van der Waals surface area contributed by atoms with Crippen LogP contribution < -0.4 is 9.47 Å². The van der Waals surface area contributed by atoms with E-state index in [-0.39, 0.29) is 11.0 Å². The maximum atomic E-state index is 6.08. The molecule has 0 radical (unpaired) electrons. The van der Waals surface area contributed by atoms with Crippen LogP contribution in [-0.4, -0.2) is 12.7 Å². The summed E-state index contributed by atoms with van der Waals surface area (Å²) in [4.78, 5) is 0. The number of rotatable bonds is 1. The van der Waals surface area contributed by atoms with E-state index in [0.717, 1.165) is 23.5 Å². The lowest BCUT2D eigenvalue weighted by molar-refractivity contribution is 0.0531. The van der Waals surface area contributed by atoms with Crippen molar-refractivity contribution in [2.24, 2.45) is 0 Å². The number of aryl methyl sites for hydroxylation is 1. The molecule has 0 saturated carbocycles. The van der Waals surface area contributed by atoms with E-state index in [0.29, 0.717) is 0 Å². The first-order valence-corrected chi connectivity index (χ1v) is 6.13. The largest absolute Gasteiger partial charge is 0.496 e. The van der Waals surface area contributed by atoms with Gasteiger partial charge in [0.1, 0.15) is 17.1 Å². The molecule has 0 atom stereocenters. The van der Waals surface area contributed by atoms with Crippen LogP contribution in [0, 0.1) is 6.92 Å². The Bertz CT molecular complexity index is 444. The van der Waals surface area contributed by atoms with Gasteiger partial charge in [0.05, 0.1) is 7.11 Å². The smallest absolute Gasteiger partial charge is 0.124 e. The highest BCUT2D eigenvalue weighted by molar-refractivity contribution is 5.50. The van der Waals surface area contributed by atoms with Gasteiger partial charge < -0.3 is 9.47 Å². The Morgan fingerprint density at radius 2 is 1.82 bits per heavy atom. The summed E-state index contributed by atoms with van der Waals surface area (Å²) < 4.78 is 11.5. The molecule has 0 N–H and O–H groups in total. The Balaban J connectivity index is 2.58. The molecule has 1 aliphatic heterocycles. The minimum absolute atomic E-state index is 0.0997. The van der Waals surface area contributed by atoms with Crippen molar-refractivity contribution in [2.75, 3.05) is 7.11 Å². The van der Waals surface area contributed by atoms with E-state index in [1.54, 1.807) is 7.11 Å². The Morgan fingerprint density at radius 1 is 1.18 bits per heavy atom. The minimum Gasteiger partial charge on any atom is -0.496 e. The number of methoxy groups -OCH3 is 1. The highest BCUT2D eigenvalue weighted by atomic mass is 16.5. The van der Waals surface area contributed by atoms with Crippen molar-refractivity contribution in [3.05, 3.63) is 23.3 Å². The molecule has 2 rings (SSSR count). The Hall–Kier alpha value is -1.18. The van der Waals surface area contributed by atoms with Gasteiger partial charge in [0.2, 0.25) is 0 Å². The predicted octanol–water partition coefficient (Wildman–Crippen LogP) is 3.84. The molecule has 0 fully saturated rings. The SMILES string of the molecule is COc1cc2c(cc1C)OC(C)(C)CC2(C)C. The van der Waals surface area contributed by atoms with Crippen LogP contribution in [-0.2, 0) is 5.41 Å². The maximum Gasteiger partial charge on any atom is 0.124 e. The molecule has 0 aliphatic carbocycles. The van der Waals surface area contributed by atoms with Gasteiger partial charge in [-0.2, -0.15) is 0 Å². The molecule has 2 heteroatoms. The van der Waals surface area contributed by atoms with Gasteiger partial charge >= 0.3 is 0 Å². The van der Waals surface area contributed by atoms with Crippen molar-refractivity contribution >= 4 is 0 Å². The third kappa shape index (κ3) is 2.13. The summed E-state index contributed by atoms with van der Waals surface area (Å²) in [5.74, 6) is 1.95. The molecule has 0 unspecified atom stereocenters. The van der Waals surface area contributed by atoms with E-state index in [1.165, 1.54) is 5.56 Å². The van der Waals surface area contributed by atoms with Crippen LogP contribution in [0.1, 0.15) is 45.2 Å². The summed E-state index contributed by atoms with van der Waals surface area (Å²) in [7, 11) is 1.72. The van der Waals surface area contributed by atoms with Crippen LogP contribution in [0.2, 0.25) is 0 Å². The van der Waals surface area contributed by atoms with Crippen molar-refractivity contribution in [3.63, 3.8) is 0 Å². The summed E-state index contributed by atoms with van der Waals surface area (Å²) in [5, 5.41) is 0. The highest BCUT2D eigenvalue weighted by Crippen LogP contribution is 2.46. The quantitative estimate of drug-likeness (QED) is 0.735. The zero-order chi connectivity index (χ0) is 12.8. The van der Waals surface area contributed by atoms with E-state index < -0.39 is 0 Å². The van der Waals surface area contributed by atoms with Gasteiger partial charge in [-0.1, -0.05) is 13.8 Å². The lowest BCUT2D eigenvalue weighted by Crippen LogP contribution is -2.41. The van der Waals surface area contributed by atoms with E-state index in [9.17, 15) is 0 Å². The fraction of sp³-hybridized carbons (Fsp3) is 0.600. The normalized spacial score (nSPS) is 20.4. The van der Waals surface area contributed by atoms with Gasteiger partial charge in [-0.15, -0.1) is 0 Å². The summed E-state index contributed by atoms with van der Waals surface area (Å²) in [5.41, 5.74) is 2.40. The van der Waals surface area contributed by atoms with Crippen LogP contribution in [0.4, 0.5) is 0 Å². The topological polar surface area (TPSA) is 18.5 Å². The molecule has 17 heavy (non-hydrogen) atoms. The van der Waals surface area contributed by atoms with E-state index >= 15 is 0 Å². The van der Waals surface area contributed by atoms with Crippen molar-refractivity contribution in [1.82, 2.24) is 0 Å². The van der Waals surface area contributed by atoms with Gasteiger partial charge in [0, 0.05) is 5.56 Å². The molecule has 0 aromatic heterocycles. The molecule has 1 heterocycles. The second-order valence-corrected chi connectivity index (χ2v) is 6.24. The number of hydrogen-bond acceptors (Lipinski definition) is 2. The second kappa shape index (κ2) is 3.66. The maximum absolute atomic E-state index is 6.08. The second-order valence-electron chi connectivity index (χ2n) is 6.24. The number of fused-ring (bicyclic) bond motifs is 1. The molecular weight excluding hydrogens is 212 g/mol. The zero-order valence-electron chi connectivity index (χ0n) is 11.7. The molecule has 94 valence electrons. The lowest BCUT2D eigenvalue weighted by atomic mass is 9.73. The van der Waals surface area contributed by atoms with Gasteiger partial charge in [0.25, 0.3) is 0 Å². The average molecular weight is 234 g/mol. The molecular formula is C15H22O2. The van der Waals surface area contributed by atoms with Crippen LogP contribution in [0.5, 0.6) is 11.5 Å². The molecule has 0 saturated heterocycles. The van der Waals surface area contributed by atoms with Crippen LogP contribution in [0.25, 0.3) is 0 Å². The number of hydrogen-bond donors (Lipinski definition) is 0. The summed E-state index contributed by atoms with van der Waals surface area (Å²) in [6.45, 7) is 10.9. The molecule has 0 amide bonds. The Kier molecular flexibility index (Phi) is 2.64. The number of ether oxygens (including phenoxy) is 2. The Labute approximate surface area is 104 Å². The van der Waals surface area contributed by atoms with Gasteiger partial charge in [-0.05, 0) is 50.3 Å². The van der Waals surface area contributed by atoms with Crippen molar-refractivity contribution < 1.29 is 9.47 Å². The molecule has 0 spiro atoms. The summed E-state index contributed by atoms with van der Waals surface area (Å²) >= 11 is 0. The Morgan fingerprint density at radius 3 is 2.41 bits per heavy atom. The molecule has 1 aromatic rings. The van der Waals surface area contributed by atoms with E-state index in [1.807, 2.05) is 0 Å². The predicted molar refractivity (Wildman–Crippen MR) is 70.1 cm³/mol. The van der Waals surface area contributed by atoms with Crippen molar-refractivity contribution in [3.8, 4) is 11.5 Å². The first-order chi connectivity index (χ1) is 7.75. The first kappa shape index (κ1) is 12.3. The van der Waals surface area contributed by atoms with Crippen molar-refractivity contribution in [1.29, 1.82) is 0 Å². The monoisotopic (exact) mass is 234 g/mol. The third-order valence-corrected chi connectivity index (χ3v) is 3.48. The summed E-state index contributed by atoms with van der Waals surface area (Å²) in [6, 6.07) is 4.22. The molecule has 2 nitrogen and oxygen atoms in total. The third-order valence-electron chi connectivity index (χ3n) is 3.48. The van der Waals surface area contributed by atoms with Crippen LogP contribution >= 0.6 is 0 Å². The highest BCUT2D eigenvalue weighted by Gasteiger charge is 2.39. The molecule has 0 bridgehead atoms. The lowest BCUT2D eigenvalue weighted by Gasteiger charge is -2.42. The summed E-state index contributed by atoms with van der Waals surface area (Å²) in [6.07, 6.45) is 1.01. The fourth-order valence-electron chi connectivity index (χ4n) is 2.99. The van der Waals surface area contributed by atoms with E-state index in [2.05, 4.69) is 46.8 Å². The van der Waals surface area contributed by atoms with E-state index in [4.69, 9.17) is 9.47 Å². The number of benzene rings is 1.